The maximum absolute atomic E-state index is 11.6. The minimum atomic E-state index is -0.413. The standard InChI is InChI=1S/C16H21N3O5/c1-3-6-17-15(20)8-18-16(21)9-24-19-11(2)12-4-5-13-14(7-12)23-10-22-13/h4-5,7H,3,6,8-10H2,1-2H3,(H,17,20)(H,18,21)/b19-11-. The summed E-state index contributed by atoms with van der Waals surface area (Å²) in [5.41, 5.74) is 1.40. The van der Waals surface area contributed by atoms with Crippen molar-refractivity contribution in [2.75, 3.05) is 26.5 Å². The third kappa shape index (κ3) is 5.15. The van der Waals surface area contributed by atoms with Crippen molar-refractivity contribution < 1.29 is 23.9 Å². The first-order valence-corrected chi connectivity index (χ1v) is 7.70. The maximum atomic E-state index is 11.6. The summed E-state index contributed by atoms with van der Waals surface area (Å²) in [4.78, 5) is 27.9. The van der Waals surface area contributed by atoms with Crippen molar-refractivity contribution in [3.05, 3.63) is 23.8 Å². The fraction of sp³-hybridized carbons (Fsp3) is 0.438. The number of hydrogen-bond acceptors (Lipinski definition) is 6. The highest BCUT2D eigenvalue weighted by Crippen LogP contribution is 2.32. The molecule has 1 aliphatic rings. The van der Waals surface area contributed by atoms with Gasteiger partial charge in [-0.15, -0.1) is 0 Å². The number of hydrogen-bond donors (Lipinski definition) is 2. The van der Waals surface area contributed by atoms with Gasteiger partial charge in [-0.05, 0) is 31.5 Å². The van der Waals surface area contributed by atoms with Gasteiger partial charge in [0.2, 0.25) is 12.7 Å². The second kappa shape index (κ2) is 8.76. The molecule has 1 aromatic rings. The zero-order valence-electron chi connectivity index (χ0n) is 13.8. The Hall–Kier alpha value is -2.77. The Balaban J connectivity index is 1.74. The van der Waals surface area contributed by atoms with Crippen molar-refractivity contribution in [3.63, 3.8) is 0 Å². The largest absolute Gasteiger partial charge is 0.454 e. The number of oxime groups is 1. The Bertz CT molecular complexity index is 630. The van der Waals surface area contributed by atoms with Crippen LogP contribution in [-0.2, 0) is 14.4 Å². The molecule has 24 heavy (non-hydrogen) atoms. The number of amides is 2. The summed E-state index contributed by atoms with van der Waals surface area (Å²) in [5, 5.41) is 9.01. The molecule has 0 saturated carbocycles. The zero-order valence-corrected chi connectivity index (χ0v) is 13.8. The first kappa shape index (κ1) is 17.6. The summed E-state index contributed by atoms with van der Waals surface area (Å²) >= 11 is 0. The lowest BCUT2D eigenvalue weighted by Crippen LogP contribution is -2.38. The summed E-state index contributed by atoms with van der Waals surface area (Å²) < 4.78 is 10.5. The lowest BCUT2D eigenvalue weighted by molar-refractivity contribution is -0.129. The van der Waals surface area contributed by atoms with E-state index in [-0.39, 0.29) is 25.9 Å². The van der Waals surface area contributed by atoms with Crippen LogP contribution in [0, 0.1) is 0 Å². The van der Waals surface area contributed by atoms with Gasteiger partial charge in [0.25, 0.3) is 5.91 Å². The van der Waals surface area contributed by atoms with Crippen LogP contribution in [0.1, 0.15) is 25.8 Å². The molecule has 0 atom stereocenters. The van der Waals surface area contributed by atoms with Crippen LogP contribution in [0.15, 0.2) is 23.4 Å². The second-order valence-corrected chi connectivity index (χ2v) is 5.14. The van der Waals surface area contributed by atoms with E-state index in [2.05, 4.69) is 15.8 Å². The minimum Gasteiger partial charge on any atom is -0.454 e. The SMILES string of the molecule is CCCNC(=O)CNC(=O)CO/N=C(/C)c1ccc2c(c1)OCO2. The number of fused-ring (bicyclic) bond motifs is 1. The predicted molar refractivity (Wildman–Crippen MR) is 87.0 cm³/mol. The van der Waals surface area contributed by atoms with Crippen LogP contribution in [0.25, 0.3) is 0 Å². The van der Waals surface area contributed by atoms with E-state index in [4.69, 9.17) is 14.3 Å². The Morgan fingerprint density at radius 1 is 1.21 bits per heavy atom. The number of benzene rings is 1. The van der Waals surface area contributed by atoms with E-state index in [9.17, 15) is 9.59 Å². The average Bonchev–Trinajstić information content (AvgIpc) is 3.05. The molecule has 0 fully saturated rings. The van der Waals surface area contributed by atoms with Crippen molar-refractivity contribution in [2.45, 2.75) is 20.3 Å². The first-order valence-electron chi connectivity index (χ1n) is 7.70. The van der Waals surface area contributed by atoms with Crippen LogP contribution in [0.5, 0.6) is 11.5 Å². The quantitative estimate of drug-likeness (QED) is 0.541. The predicted octanol–water partition coefficient (Wildman–Crippen LogP) is 0.798. The number of rotatable bonds is 8. The molecule has 0 saturated heterocycles. The lowest BCUT2D eigenvalue weighted by atomic mass is 10.1. The molecular weight excluding hydrogens is 314 g/mol. The summed E-state index contributed by atoms with van der Waals surface area (Å²) in [6.45, 7) is 4.17. The molecule has 0 aromatic heterocycles. The maximum Gasteiger partial charge on any atom is 0.261 e. The number of ether oxygens (including phenoxy) is 2. The van der Waals surface area contributed by atoms with Crippen LogP contribution in [0.4, 0.5) is 0 Å². The molecule has 0 bridgehead atoms. The average molecular weight is 335 g/mol. The number of carbonyl (C=O) groups excluding carboxylic acids is 2. The van der Waals surface area contributed by atoms with E-state index < -0.39 is 5.91 Å². The van der Waals surface area contributed by atoms with Gasteiger partial charge in [-0.1, -0.05) is 12.1 Å². The third-order valence-corrected chi connectivity index (χ3v) is 3.21. The van der Waals surface area contributed by atoms with Crippen molar-refractivity contribution in [1.82, 2.24) is 10.6 Å². The van der Waals surface area contributed by atoms with Gasteiger partial charge < -0.3 is 24.9 Å². The van der Waals surface area contributed by atoms with Crippen molar-refractivity contribution in [1.29, 1.82) is 0 Å². The van der Waals surface area contributed by atoms with E-state index in [1.54, 1.807) is 19.1 Å². The van der Waals surface area contributed by atoms with Gasteiger partial charge in [0, 0.05) is 12.1 Å². The zero-order chi connectivity index (χ0) is 17.4. The Morgan fingerprint density at radius 2 is 2.00 bits per heavy atom. The molecule has 8 heteroatoms. The molecule has 2 amide bonds. The molecule has 1 heterocycles. The molecule has 0 spiro atoms. The van der Waals surface area contributed by atoms with Crippen molar-refractivity contribution >= 4 is 17.5 Å². The van der Waals surface area contributed by atoms with Gasteiger partial charge in [-0.25, -0.2) is 0 Å². The fourth-order valence-corrected chi connectivity index (χ4v) is 1.92. The van der Waals surface area contributed by atoms with Crippen molar-refractivity contribution in [2.24, 2.45) is 5.16 Å². The molecule has 0 radical (unpaired) electrons. The van der Waals surface area contributed by atoms with Crippen LogP contribution in [0.3, 0.4) is 0 Å². The highest BCUT2D eigenvalue weighted by molar-refractivity contribution is 5.99. The number of nitrogens with zero attached hydrogens (tertiary/aromatic N) is 1. The van der Waals surface area contributed by atoms with E-state index in [0.29, 0.717) is 23.8 Å². The molecular formula is C16H21N3O5. The smallest absolute Gasteiger partial charge is 0.261 e. The van der Waals surface area contributed by atoms with Gasteiger partial charge in [0.05, 0.1) is 12.3 Å². The molecule has 0 aliphatic carbocycles. The third-order valence-electron chi connectivity index (χ3n) is 3.21. The van der Waals surface area contributed by atoms with E-state index in [0.717, 1.165) is 12.0 Å². The Kier molecular flexibility index (Phi) is 6.41. The normalized spacial score (nSPS) is 12.7. The van der Waals surface area contributed by atoms with E-state index >= 15 is 0 Å². The van der Waals surface area contributed by atoms with Crippen LogP contribution < -0.4 is 20.1 Å². The summed E-state index contributed by atoms with van der Waals surface area (Å²) in [5.74, 6) is 0.695. The van der Waals surface area contributed by atoms with Gasteiger partial charge in [-0.3, -0.25) is 9.59 Å². The summed E-state index contributed by atoms with van der Waals surface area (Å²) in [7, 11) is 0. The highest BCUT2D eigenvalue weighted by atomic mass is 16.7. The molecule has 2 N–H and O–H groups in total. The molecule has 1 aliphatic heterocycles. The summed E-state index contributed by atoms with van der Waals surface area (Å²) in [6.07, 6.45) is 0.844. The first-order chi connectivity index (χ1) is 11.6. The van der Waals surface area contributed by atoms with Crippen LogP contribution >= 0.6 is 0 Å². The number of carbonyl (C=O) groups is 2. The van der Waals surface area contributed by atoms with Gasteiger partial charge >= 0.3 is 0 Å². The molecule has 130 valence electrons. The van der Waals surface area contributed by atoms with E-state index in [1.807, 2.05) is 13.0 Å². The minimum absolute atomic E-state index is 0.0763. The second-order valence-electron chi connectivity index (χ2n) is 5.14. The van der Waals surface area contributed by atoms with Crippen LogP contribution in [0.2, 0.25) is 0 Å². The van der Waals surface area contributed by atoms with Gasteiger partial charge in [-0.2, -0.15) is 0 Å². The molecule has 1 aromatic carbocycles. The summed E-state index contributed by atoms with van der Waals surface area (Å²) in [6, 6.07) is 5.41. The molecule has 2 rings (SSSR count). The Morgan fingerprint density at radius 3 is 2.79 bits per heavy atom. The lowest BCUT2D eigenvalue weighted by Gasteiger charge is -2.06. The van der Waals surface area contributed by atoms with E-state index in [1.165, 1.54) is 0 Å². The fourth-order valence-electron chi connectivity index (χ4n) is 1.92. The topological polar surface area (TPSA) is 98.3 Å². The van der Waals surface area contributed by atoms with Gasteiger partial charge in [0.15, 0.2) is 18.1 Å². The monoisotopic (exact) mass is 335 g/mol. The highest BCUT2D eigenvalue weighted by Gasteiger charge is 2.14. The molecule has 0 unspecified atom stereocenters. The molecule has 8 nitrogen and oxygen atoms in total. The van der Waals surface area contributed by atoms with Crippen molar-refractivity contribution in [3.8, 4) is 11.5 Å². The van der Waals surface area contributed by atoms with Crippen LogP contribution in [-0.4, -0.2) is 44.0 Å². The Labute approximate surface area is 140 Å². The number of nitrogens with one attached hydrogen (secondary N) is 2. The van der Waals surface area contributed by atoms with Gasteiger partial charge in [0.1, 0.15) is 0 Å².